The number of benzene rings is 1. The van der Waals surface area contributed by atoms with Crippen LogP contribution in [0, 0.1) is 5.92 Å². The molecule has 0 amide bonds. The van der Waals surface area contributed by atoms with Crippen LogP contribution in [0.25, 0.3) is 0 Å². The summed E-state index contributed by atoms with van der Waals surface area (Å²) in [7, 11) is 1.60. The Morgan fingerprint density at radius 2 is 1.91 bits per heavy atom. The van der Waals surface area contributed by atoms with Crippen molar-refractivity contribution in [2.24, 2.45) is 5.92 Å². The molecule has 0 fully saturated rings. The number of hydrogen-bond donors (Lipinski definition) is 1. The number of ether oxygens (including phenoxy) is 2. The Bertz CT molecular complexity index is 472. The smallest absolute Gasteiger partial charge is 0.329 e. The molecule has 1 rings (SSSR count). The highest BCUT2D eigenvalue weighted by molar-refractivity contribution is 5.83. The predicted molar refractivity (Wildman–Crippen MR) is 90.7 cm³/mol. The zero-order valence-electron chi connectivity index (χ0n) is 14.2. The molecule has 0 aliphatic rings. The van der Waals surface area contributed by atoms with E-state index in [1.54, 1.807) is 26.2 Å². The van der Waals surface area contributed by atoms with Crippen LogP contribution in [0.15, 0.2) is 24.3 Å². The molecule has 2 atom stereocenters. The highest BCUT2D eigenvalue weighted by Crippen LogP contribution is 2.20. The van der Waals surface area contributed by atoms with Gasteiger partial charge in [-0.15, -0.1) is 0 Å². The molecule has 0 spiro atoms. The molecule has 1 aromatic carbocycles. The molecular formula is C18H27NO4. The average Bonchev–Trinajstić information content (AvgIpc) is 2.58. The van der Waals surface area contributed by atoms with E-state index < -0.39 is 17.9 Å². The maximum absolute atomic E-state index is 12.2. The summed E-state index contributed by atoms with van der Waals surface area (Å²) >= 11 is 0. The monoisotopic (exact) mass is 321 g/mol. The number of nitrogens with one attached hydrogen (secondary N) is 1. The second-order valence-electron chi connectivity index (χ2n) is 5.40. The van der Waals surface area contributed by atoms with Gasteiger partial charge in [-0.25, -0.2) is 4.79 Å². The number of anilines is 1. The fourth-order valence-electron chi connectivity index (χ4n) is 2.38. The molecule has 5 nitrogen and oxygen atoms in total. The van der Waals surface area contributed by atoms with Crippen LogP contribution in [-0.4, -0.2) is 32.0 Å². The Morgan fingerprint density at radius 3 is 2.43 bits per heavy atom. The maximum Gasteiger partial charge on any atom is 0.329 e. The van der Waals surface area contributed by atoms with Crippen LogP contribution in [0.1, 0.15) is 39.5 Å². The third-order valence-electron chi connectivity index (χ3n) is 3.70. The molecule has 128 valence electrons. The Labute approximate surface area is 138 Å². The molecule has 23 heavy (non-hydrogen) atoms. The van der Waals surface area contributed by atoms with Crippen LogP contribution in [0.3, 0.4) is 0 Å². The maximum atomic E-state index is 12.2. The summed E-state index contributed by atoms with van der Waals surface area (Å²) in [5, 5.41) is 3.13. The lowest BCUT2D eigenvalue weighted by atomic mass is 9.94. The highest BCUT2D eigenvalue weighted by atomic mass is 16.5. The van der Waals surface area contributed by atoms with E-state index in [1.807, 2.05) is 12.1 Å². The number of methoxy groups -OCH3 is 1. The third kappa shape index (κ3) is 6.30. The second kappa shape index (κ2) is 10.6. The first-order valence-electron chi connectivity index (χ1n) is 8.18. The molecule has 0 aliphatic heterocycles. The zero-order chi connectivity index (χ0) is 17.1. The Morgan fingerprint density at radius 1 is 1.22 bits per heavy atom. The van der Waals surface area contributed by atoms with Gasteiger partial charge in [-0.1, -0.05) is 26.2 Å². The van der Waals surface area contributed by atoms with Gasteiger partial charge in [0.2, 0.25) is 0 Å². The van der Waals surface area contributed by atoms with E-state index in [0.29, 0.717) is 13.0 Å². The van der Waals surface area contributed by atoms with E-state index in [4.69, 9.17) is 9.47 Å². The molecule has 0 bridgehead atoms. The van der Waals surface area contributed by atoms with Crippen molar-refractivity contribution in [1.82, 2.24) is 0 Å². The Kier molecular flexibility index (Phi) is 8.80. The number of carbonyl (C=O) groups is 2. The molecule has 0 aliphatic carbocycles. The number of aldehydes is 1. The number of unbranched alkanes of at least 4 members (excludes halogenated alkanes) is 2. The minimum absolute atomic E-state index is 0.292. The molecule has 1 N–H and O–H groups in total. The van der Waals surface area contributed by atoms with Crippen molar-refractivity contribution in [2.45, 2.75) is 45.6 Å². The first-order valence-corrected chi connectivity index (χ1v) is 8.18. The molecular weight excluding hydrogens is 294 g/mol. The topological polar surface area (TPSA) is 64.6 Å². The second-order valence-corrected chi connectivity index (χ2v) is 5.40. The van der Waals surface area contributed by atoms with Crippen LogP contribution < -0.4 is 10.1 Å². The minimum Gasteiger partial charge on any atom is -0.497 e. The van der Waals surface area contributed by atoms with Gasteiger partial charge < -0.3 is 19.6 Å². The Balaban J connectivity index is 2.84. The summed E-state index contributed by atoms with van der Waals surface area (Å²) in [5.74, 6) is -0.0577. The van der Waals surface area contributed by atoms with Crippen molar-refractivity contribution < 1.29 is 19.1 Å². The Hall–Kier alpha value is -2.04. The summed E-state index contributed by atoms with van der Waals surface area (Å²) in [6, 6.07) is 6.57. The molecule has 1 aromatic rings. The summed E-state index contributed by atoms with van der Waals surface area (Å²) < 4.78 is 10.2. The van der Waals surface area contributed by atoms with Crippen molar-refractivity contribution in [1.29, 1.82) is 0 Å². The van der Waals surface area contributed by atoms with Gasteiger partial charge in [0.15, 0.2) is 0 Å². The van der Waals surface area contributed by atoms with Crippen LogP contribution >= 0.6 is 0 Å². The van der Waals surface area contributed by atoms with Crippen LogP contribution in [0.4, 0.5) is 5.69 Å². The summed E-state index contributed by atoms with van der Waals surface area (Å²) in [4.78, 5) is 23.7. The molecule has 0 saturated carbocycles. The molecule has 0 saturated heterocycles. The van der Waals surface area contributed by atoms with Crippen molar-refractivity contribution in [2.75, 3.05) is 19.0 Å². The lowest BCUT2D eigenvalue weighted by Gasteiger charge is -2.23. The van der Waals surface area contributed by atoms with E-state index in [2.05, 4.69) is 12.2 Å². The van der Waals surface area contributed by atoms with Gasteiger partial charge in [0, 0.05) is 11.6 Å². The van der Waals surface area contributed by atoms with E-state index >= 15 is 0 Å². The molecule has 0 heterocycles. The SMILES string of the molecule is CCCCC[C@H](C=O)[C@H](Nc1ccc(OC)cc1)C(=O)OCC. The molecule has 5 heteroatoms. The summed E-state index contributed by atoms with van der Waals surface area (Å²) in [6.07, 6.45) is 4.56. The lowest BCUT2D eigenvalue weighted by molar-refractivity contribution is -0.146. The quantitative estimate of drug-likeness (QED) is 0.384. The van der Waals surface area contributed by atoms with E-state index in [9.17, 15) is 9.59 Å². The fraction of sp³-hybridized carbons (Fsp3) is 0.556. The minimum atomic E-state index is -0.669. The van der Waals surface area contributed by atoms with Gasteiger partial charge in [-0.2, -0.15) is 0 Å². The van der Waals surface area contributed by atoms with Gasteiger partial charge in [-0.3, -0.25) is 0 Å². The summed E-state index contributed by atoms with van der Waals surface area (Å²) in [6.45, 7) is 4.16. The number of carbonyl (C=O) groups excluding carboxylic acids is 2. The van der Waals surface area contributed by atoms with Crippen molar-refractivity contribution >= 4 is 17.9 Å². The van der Waals surface area contributed by atoms with E-state index in [-0.39, 0.29) is 0 Å². The molecule has 0 aromatic heterocycles. The van der Waals surface area contributed by atoms with Gasteiger partial charge in [0.25, 0.3) is 0 Å². The fourth-order valence-corrected chi connectivity index (χ4v) is 2.38. The van der Waals surface area contributed by atoms with E-state index in [1.165, 1.54) is 0 Å². The van der Waals surface area contributed by atoms with Crippen molar-refractivity contribution in [3.05, 3.63) is 24.3 Å². The van der Waals surface area contributed by atoms with Crippen LogP contribution in [0.5, 0.6) is 5.75 Å². The predicted octanol–water partition coefficient (Wildman–Crippen LogP) is 3.43. The third-order valence-corrected chi connectivity index (χ3v) is 3.70. The van der Waals surface area contributed by atoms with Gasteiger partial charge in [0.1, 0.15) is 18.1 Å². The number of rotatable bonds is 11. The number of hydrogen-bond acceptors (Lipinski definition) is 5. The lowest BCUT2D eigenvalue weighted by Crippen LogP contribution is -2.39. The normalized spacial score (nSPS) is 13.0. The largest absolute Gasteiger partial charge is 0.497 e. The van der Waals surface area contributed by atoms with Gasteiger partial charge >= 0.3 is 5.97 Å². The average molecular weight is 321 g/mol. The molecule has 0 radical (unpaired) electrons. The zero-order valence-corrected chi connectivity index (χ0v) is 14.2. The van der Waals surface area contributed by atoms with Gasteiger partial charge in [0.05, 0.1) is 13.7 Å². The van der Waals surface area contributed by atoms with Crippen molar-refractivity contribution in [3.8, 4) is 5.75 Å². The highest BCUT2D eigenvalue weighted by Gasteiger charge is 2.29. The van der Waals surface area contributed by atoms with Gasteiger partial charge in [-0.05, 0) is 37.6 Å². The standard InChI is InChI=1S/C18H27NO4/c1-4-6-7-8-14(13-20)17(18(21)23-5-2)19-15-9-11-16(22-3)12-10-15/h9-14,17,19H,4-8H2,1-3H3/t14-,17+/m1/s1. The summed E-state index contributed by atoms with van der Waals surface area (Å²) in [5.41, 5.74) is 0.756. The van der Waals surface area contributed by atoms with Crippen molar-refractivity contribution in [3.63, 3.8) is 0 Å². The number of esters is 1. The first-order chi connectivity index (χ1) is 11.2. The first kappa shape index (κ1) is 19.0. The van der Waals surface area contributed by atoms with E-state index in [0.717, 1.165) is 37.0 Å². The van der Waals surface area contributed by atoms with Crippen LogP contribution in [0.2, 0.25) is 0 Å². The molecule has 0 unspecified atom stereocenters. The van der Waals surface area contributed by atoms with Crippen LogP contribution in [-0.2, 0) is 14.3 Å².